The predicted octanol–water partition coefficient (Wildman–Crippen LogP) is 4.17. The highest BCUT2D eigenvalue weighted by Gasteiger charge is 2.14. The monoisotopic (exact) mass is 499 g/mol. The molecule has 0 amide bonds. The first kappa shape index (κ1) is 24.8. The lowest BCUT2D eigenvalue weighted by Gasteiger charge is -2.05. The molecule has 8 nitrogen and oxygen atoms in total. The van der Waals surface area contributed by atoms with Gasteiger partial charge in [-0.25, -0.2) is 22.4 Å². The zero-order chi connectivity index (χ0) is 25.5. The average molecular weight is 500 g/mol. The van der Waals surface area contributed by atoms with Crippen molar-refractivity contribution in [1.82, 2.24) is 9.55 Å². The topological polar surface area (TPSA) is 104 Å². The smallest absolute Gasteiger partial charge is 0.286 e. The van der Waals surface area contributed by atoms with Crippen molar-refractivity contribution in [2.45, 2.75) is 11.8 Å². The molecule has 0 fully saturated rings. The Morgan fingerprint density at radius 3 is 2.33 bits per heavy atom. The van der Waals surface area contributed by atoms with Crippen LogP contribution in [0.15, 0.2) is 114 Å². The molecule has 3 aromatic heterocycles. The van der Waals surface area contributed by atoms with Gasteiger partial charge < -0.3 is 4.55 Å². The standard InChI is InChI=1S/C20H18N5.C7H8O3S/c1-24-18(15-25-13-5-3-7-20(24)25)17-10-8-16(9-11-17)14-22-23-19-6-2-4-12-21-19;1-6-2-4-7(5-3-6)11(8,9)10/h2-15H,1H3,(H,21,23);2-5H,1H3,(H,8,9,10)/q+1;/p-1/b22-14+;. The van der Waals surface area contributed by atoms with E-state index < -0.39 is 10.1 Å². The maximum atomic E-state index is 10.4. The van der Waals surface area contributed by atoms with Crippen LogP contribution in [0, 0.1) is 6.92 Å². The van der Waals surface area contributed by atoms with Crippen molar-refractivity contribution in [3.05, 3.63) is 115 Å². The van der Waals surface area contributed by atoms with Gasteiger partial charge in [0, 0.05) is 17.8 Å². The summed E-state index contributed by atoms with van der Waals surface area (Å²) in [6.07, 6.45) is 7.72. The summed E-state index contributed by atoms with van der Waals surface area (Å²) in [5.74, 6) is 0.725. The van der Waals surface area contributed by atoms with E-state index in [0.717, 1.165) is 22.6 Å². The Morgan fingerprint density at radius 2 is 1.69 bits per heavy atom. The fourth-order valence-electron chi connectivity index (χ4n) is 3.50. The molecule has 0 aliphatic rings. The van der Waals surface area contributed by atoms with E-state index in [2.05, 4.69) is 74.3 Å². The van der Waals surface area contributed by atoms with Crippen molar-refractivity contribution >= 4 is 27.8 Å². The lowest BCUT2D eigenvalue weighted by Crippen LogP contribution is -2.17. The van der Waals surface area contributed by atoms with Gasteiger partial charge in [-0.15, -0.1) is 0 Å². The summed E-state index contributed by atoms with van der Waals surface area (Å²) in [6, 6.07) is 26.0. The molecule has 0 spiro atoms. The first-order chi connectivity index (χ1) is 17.3. The lowest BCUT2D eigenvalue weighted by molar-refractivity contribution is -0.510. The third kappa shape index (κ3) is 6.21. The number of hydrogen-bond acceptors (Lipinski definition) is 6. The fraction of sp³-hybridized carbons (Fsp3) is 0.0741. The van der Waals surface area contributed by atoms with Crippen LogP contribution in [0.5, 0.6) is 0 Å². The summed E-state index contributed by atoms with van der Waals surface area (Å²) in [7, 11) is -2.19. The van der Waals surface area contributed by atoms with Crippen LogP contribution in [0.1, 0.15) is 11.1 Å². The Labute approximate surface area is 210 Å². The molecule has 3 heterocycles. The maximum absolute atomic E-state index is 10.4. The van der Waals surface area contributed by atoms with Crippen LogP contribution in [0.25, 0.3) is 16.9 Å². The Balaban J connectivity index is 0.000000233. The highest BCUT2D eigenvalue weighted by Crippen LogP contribution is 2.19. The normalized spacial score (nSPS) is 11.3. The van der Waals surface area contributed by atoms with Gasteiger partial charge in [-0.2, -0.15) is 5.10 Å². The number of fused-ring (bicyclic) bond motifs is 1. The van der Waals surface area contributed by atoms with Crippen LogP contribution in [-0.2, 0) is 17.2 Å². The number of hydrazone groups is 1. The van der Waals surface area contributed by atoms with Gasteiger partial charge in [-0.05, 0) is 55.0 Å². The Morgan fingerprint density at radius 1 is 0.972 bits per heavy atom. The molecule has 9 heteroatoms. The van der Waals surface area contributed by atoms with Crippen molar-refractivity contribution in [2.24, 2.45) is 12.1 Å². The zero-order valence-electron chi connectivity index (χ0n) is 19.8. The van der Waals surface area contributed by atoms with Crippen LogP contribution < -0.4 is 9.83 Å². The Hall–Kier alpha value is -4.34. The minimum absolute atomic E-state index is 0.178. The molecule has 0 radical (unpaired) electrons. The number of anilines is 1. The van der Waals surface area contributed by atoms with Crippen molar-refractivity contribution in [3.8, 4) is 11.3 Å². The maximum Gasteiger partial charge on any atom is 0.286 e. The third-order valence-electron chi connectivity index (χ3n) is 5.41. The molecule has 5 rings (SSSR count). The lowest BCUT2D eigenvalue weighted by atomic mass is 10.1. The van der Waals surface area contributed by atoms with E-state index in [1.165, 1.54) is 23.4 Å². The SMILES string of the molecule is Cc1ccc(S(=O)(=O)[O-])cc1.Cn1c(-c2ccc(/C=N/Nc3ccccn3)cc2)c[n+]2ccccc12. The summed E-state index contributed by atoms with van der Waals surface area (Å²) >= 11 is 0. The van der Waals surface area contributed by atoms with Gasteiger partial charge in [0.25, 0.3) is 5.65 Å². The van der Waals surface area contributed by atoms with E-state index in [4.69, 9.17) is 0 Å². The largest absolute Gasteiger partial charge is 0.744 e. The first-order valence-electron chi connectivity index (χ1n) is 11.1. The van der Waals surface area contributed by atoms with E-state index in [1.807, 2.05) is 37.3 Å². The highest BCUT2D eigenvalue weighted by atomic mass is 32.2. The molecule has 0 aliphatic carbocycles. The molecule has 1 N–H and O–H groups in total. The van der Waals surface area contributed by atoms with E-state index in [9.17, 15) is 13.0 Å². The third-order valence-corrected chi connectivity index (χ3v) is 6.26. The van der Waals surface area contributed by atoms with Crippen LogP contribution in [0.3, 0.4) is 0 Å². The number of hydrogen-bond donors (Lipinski definition) is 1. The number of benzene rings is 2. The van der Waals surface area contributed by atoms with Crippen molar-refractivity contribution in [2.75, 3.05) is 5.43 Å². The molecule has 0 atom stereocenters. The molecule has 2 aromatic carbocycles. The van der Waals surface area contributed by atoms with E-state index in [1.54, 1.807) is 24.5 Å². The summed E-state index contributed by atoms with van der Waals surface area (Å²) in [5, 5.41) is 4.22. The average Bonchev–Trinajstić information content (AvgIpc) is 3.22. The molecule has 0 saturated heterocycles. The number of aryl methyl sites for hydroxylation is 2. The Kier molecular flexibility index (Phi) is 7.53. The van der Waals surface area contributed by atoms with E-state index >= 15 is 0 Å². The predicted molar refractivity (Wildman–Crippen MR) is 139 cm³/mol. The molecule has 5 aromatic rings. The summed E-state index contributed by atoms with van der Waals surface area (Å²) in [4.78, 5) is 3.99. The van der Waals surface area contributed by atoms with E-state index in [-0.39, 0.29) is 4.90 Å². The number of aromatic nitrogens is 3. The second-order valence-electron chi connectivity index (χ2n) is 8.01. The van der Waals surface area contributed by atoms with Gasteiger partial charge in [0.05, 0.1) is 24.4 Å². The van der Waals surface area contributed by atoms with Crippen LogP contribution in [0.2, 0.25) is 0 Å². The van der Waals surface area contributed by atoms with E-state index in [0.29, 0.717) is 0 Å². The van der Waals surface area contributed by atoms with Gasteiger partial charge in [0.2, 0.25) is 0 Å². The Bertz CT molecular complexity index is 1580. The number of nitrogens with zero attached hydrogens (tertiary/aromatic N) is 4. The highest BCUT2D eigenvalue weighted by molar-refractivity contribution is 7.85. The zero-order valence-corrected chi connectivity index (χ0v) is 20.6. The van der Waals surface area contributed by atoms with Gasteiger partial charge in [0.15, 0.2) is 5.69 Å². The minimum Gasteiger partial charge on any atom is -0.744 e. The van der Waals surface area contributed by atoms with Gasteiger partial charge >= 0.3 is 0 Å². The van der Waals surface area contributed by atoms with Gasteiger partial charge in [-0.3, -0.25) is 5.43 Å². The summed E-state index contributed by atoms with van der Waals surface area (Å²) in [6.45, 7) is 1.82. The molecule has 0 bridgehead atoms. The van der Waals surface area contributed by atoms with Crippen molar-refractivity contribution in [1.29, 1.82) is 0 Å². The quantitative estimate of drug-likeness (QED) is 0.169. The second-order valence-corrected chi connectivity index (χ2v) is 9.39. The van der Waals surface area contributed by atoms with Crippen molar-refractivity contribution in [3.63, 3.8) is 0 Å². The molecule has 0 unspecified atom stereocenters. The fourth-order valence-corrected chi connectivity index (χ4v) is 3.97. The molecule has 36 heavy (non-hydrogen) atoms. The van der Waals surface area contributed by atoms with Crippen LogP contribution in [-0.4, -0.2) is 28.7 Å². The van der Waals surface area contributed by atoms with Crippen LogP contribution >= 0.6 is 0 Å². The minimum atomic E-state index is -4.27. The van der Waals surface area contributed by atoms with Crippen LogP contribution in [0.4, 0.5) is 5.82 Å². The second kappa shape index (κ2) is 10.9. The molecule has 0 saturated carbocycles. The molecule has 0 aliphatic heterocycles. The summed E-state index contributed by atoms with van der Waals surface area (Å²) < 4.78 is 35.5. The van der Waals surface area contributed by atoms with Crippen molar-refractivity contribution < 1.29 is 17.4 Å². The van der Waals surface area contributed by atoms with Gasteiger partial charge in [-0.1, -0.05) is 42.0 Å². The molecular weight excluding hydrogens is 474 g/mol. The molecular formula is C27H25N5O3S. The number of rotatable bonds is 5. The van der Waals surface area contributed by atoms with Gasteiger partial charge in [0.1, 0.15) is 22.1 Å². The molecule has 182 valence electrons. The number of nitrogens with one attached hydrogen (secondary N) is 1. The summed E-state index contributed by atoms with van der Waals surface area (Å²) in [5.41, 5.74) is 8.36. The first-order valence-corrected chi connectivity index (χ1v) is 12.5. The number of imidazole rings is 1. The number of pyridine rings is 2.